The Hall–Kier alpha value is -4.04. The molecule has 1 N–H and O–H groups in total. The van der Waals surface area contributed by atoms with Gasteiger partial charge in [-0.3, -0.25) is 9.59 Å². The zero-order valence-electron chi connectivity index (χ0n) is 27.9. The smallest absolute Gasteiger partial charge is 0.265 e. The molecule has 1 fully saturated rings. The van der Waals surface area contributed by atoms with Gasteiger partial charge in [0, 0.05) is 41.4 Å². The minimum Gasteiger partial charge on any atom is -0.482 e. The number of ether oxygens (including phenoxy) is 2. The van der Waals surface area contributed by atoms with E-state index >= 15 is 0 Å². The molecule has 254 valence electrons. The molecule has 9 heteroatoms. The van der Waals surface area contributed by atoms with Crippen molar-refractivity contribution in [1.29, 1.82) is 0 Å². The third kappa shape index (κ3) is 6.77. The van der Waals surface area contributed by atoms with Crippen molar-refractivity contribution >= 4 is 46.4 Å². The summed E-state index contributed by atoms with van der Waals surface area (Å²) in [6.45, 7) is 6.70. The van der Waals surface area contributed by atoms with E-state index in [-0.39, 0.29) is 31.1 Å². The Morgan fingerprint density at radius 3 is 1.90 bits per heavy atom. The molecular formula is C40H41Cl2N3O4. The standard InChI is InChI=1S/C40H41Cl2N3O4/c1-3-4-8-25(2)21-44-33-16-14-26(19-35(33)48-23-37(44)46)29-10-5-12-31(39(29)41)32-13-6-11-30(40(32)42)27-15-17-34-36(20-27)49-24-38(47)45(34)22-28-9-7-18-43-28/h5-6,10-17,19-20,25,28,43H,3-4,7-9,18,21-24H2,1-2H3/t25-,28-/m0/s1. The Bertz CT molecular complexity index is 1890. The molecular weight excluding hydrogens is 657 g/mol. The average molecular weight is 699 g/mol. The van der Waals surface area contributed by atoms with Crippen LogP contribution < -0.4 is 24.6 Å². The summed E-state index contributed by atoms with van der Waals surface area (Å²) in [5.41, 5.74) is 6.66. The van der Waals surface area contributed by atoms with E-state index in [1.165, 1.54) is 0 Å². The first kappa shape index (κ1) is 33.5. The van der Waals surface area contributed by atoms with Crippen molar-refractivity contribution in [3.05, 3.63) is 82.8 Å². The highest BCUT2D eigenvalue weighted by atomic mass is 35.5. The fraction of sp³-hybridized carbons (Fsp3) is 0.350. The molecule has 7 rings (SSSR count). The van der Waals surface area contributed by atoms with Crippen LogP contribution in [0.5, 0.6) is 11.5 Å². The molecule has 2 amide bonds. The number of benzene rings is 4. The Balaban J connectivity index is 1.17. The molecule has 7 nitrogen and oxygen atoms in total. The van der Waals surface area contributed by atoms with E-state index in [9.17, 15) is 9.59 Å². The lowest BCUT2D eigenvalue weighted by Crippen LogP contribution is -2.45. The van der Waals surface area contributed by atoms with E-state index in [0.29, 0.717) is 40.6 Å². The summed E-state index contributed by atoms with van der Waals surface area (Å²) in [4.78, 5) is 29.3. The number of fused-ring (bicyclic) bond motifs is 2. The number of anilines is 2. The molecule has 0 spiro atoms. The number of hydrogen-bond acceptors (Lipinski definition) is 5. The SMILES string of the molecule is CCCC[C@H](C)CN1C(=O)COc2cc(-c3cccc(-c4cccc(-c5ccc6c(c5)OCC(=O)N6C[C@@H]5CCCN5)c4Cl)c3Cl)ccc21. The number of halogens is 2. The van der Waals surface area contributed by atoms with Crippen LogP contribution in [0.1, 0.15) is 46.0 Å². The monoisotopic (exact) mass is 697 g/mol. The Morgan fingerprint density at radius 1 is 0.796 bits per heavy atom. The van der Waals surface area contributed by atoms with E-state index in [1.807, 2.05) is 82.6 Å². The maximum atomic E-state index is 12.8. The number of unbranched alkanes of at least 4 members (excludes halogenated alkanes) is 1. The van der Waals surface area contributed by atoms with Gasteiger partial charge in [0.15, 0.2) is 13.2 Å². The van der Waals surface area contributed by atoms with Crippen LogP contribution >= 0.6 is 23.2 Å². The second-order valence-corrected chi connectivity index (χ2v) is 14.1. The summed E-state index contributed by atoms with van der Waals surface area (Å²) in [5, 5.41) is 4.63. The molecule has 4 aromatic carbocycles. The Morgan fingerprint density at radius 2 is 1.35 bits per heavy atom. The number of carbonyl (C=O) groups excluding carboxylic acids is 2. The van der Waals surface area contributed by atoms with E-state index in [0.717, 1.165) is 83.4 Å². The van der Waals surface area contributed by atoms with Crippen LogP contribution in [-0.4, -0.2) is 50.7 Å². The molecule has 3 heterocycles. The van der Waals surface area contributed by atoms with Gasteiger partial charge in [-0.2, -0.15) is 0 Å². The zero-order valence-corrected chi connectivity index (χ0v) is 29.4. The van der Waals surface area contributed by atoms with E-state index < -0.39 is 0 Å². The number of hydrogen-bond donors (Lipinski definition) is 1. The molecule has 3 aliphatic rings. The van der Waals surface area contributed by atoms with Gasteiger partial charge in [0.25, 0.3) is 11.8 Å². The van der Waals surface area contributed by atoms with Crippen LogP contribution in [0.4, 0.5) is 11.4 Å². The van der Waals surface area contributed by atoms with Gasteiger partial charge in [0.2, 0.25) is 0 Å². The maximum Gasteiger partial charge on any atom is 0.265 e. The van der Waals surface area contributed by atoms with Crippen LogP contribution in [0.2, 0.25) is 10.0 Å². The largest absolute Gasteiger partial charge is 0.482 e. The molecule has 2 atom stereocenters. The third-order valence-electron chi connectivity index (χ3n) is 9.83. The predicted molar refractivity (Wildman–Crippen MR) is 198 cm³/mol. The fourth-order valence-corrected chi connectivity index (χ4v) is 7.83. The zero-order chi connectivity index (χ0) is 34.1. The molecule has 0 unspecified atom stereocenters. The summed E-state index contributed by atoms with van der Waals surface area (Å²) in [6, 6.07) is 24.0. The highest BCUT2D eigenvalue weighted by molar-refractivity contribution is 6.39. The van der Waals surface area contributed by atoms with Gasteiger partial charge in [-0.15, -0.1) is 0 Å². The molecule has 0 saturated carbocycles. The summed E-state index contributed by atoms with van der Waals surface area (Å²) in [5.74, 6) is 1.69. The molecule has 4 aromatic rings. The maximum absolute atomic E-state index is 12.8. The second kappa shape index (κ2) is 14.4. The van der Waals surface area contributed by atoms with Crippen LogP contribution in [0.25, 0.3) is 33.4 Å². The topological polar surface area (TPSA) is 71.1 Å². The predicted octanol–water partition coefficient (Wildman–Crippen LogP) is 9.02. The molecule has 3 aliphatic heterocycles. The molecule has 0 aromatic heterocycles. The number of amides is 2. The van der Waals surface area contributed by atoms with Gasteiger partial charge in [0.05, 0.1) is 21.4 Å². The Labute approximate surface area is 298 Å². The summed E-state index contributed by atoms with van der Waals surface area (Å²) in [7, 11) is 0. The highest BCUT2D eigenvalue weighted by Gasteiger charge is 2.30. The first-order chi connectivity index (χ1) is 23.8. The van der Waals surface area contributed by atoms with Crippen LogP contribution in [0.3, 0.4) is 0 Å². The van der Waals surface area contributed by atoms with Crippen molar-refractivity contribution in [3.8, 4) is 44.9 Å². The first-order valence-corrected chi connectivity index (χ1v) is 18.0. The fourth-order valence-electron chi connectivity index (χ4n) is 7.16. The number of carbonyl (C=O) groups is 2. The van der Waals surface area contributed by atoms with Gasteiger partial charge < -0.3 is 24.6 Å². The van der Waals surface area contributed by atoms with E-state index in [1.54, 1.807) is 0 Å². The quantitative estimate of drug-likeness (QED) is 0.179. The summed E-state index contributed by atoms with van der Waals surface area (Å²) in [6.07, 6.45) is 5.55. The lowest BCUT2D eigenvalue weighted by atomic mass is 9.95. The first-order valence-electron chi connectivity index (χ1n) is 17.3. The number of nitrogens with zero attached hydrogens (tertiary/aromatic N) is 2. The van der Waals surface area contributed by atoms with Crippen molar-refractivity contribution in [3.63, 3.8) is 0 Å². The van der Waals surface area contributed by atoms with Gasteiger partial charge in [-0.1, -0.05) is 98.4 Å². The Kier molecular flexibility index (Phi) is 9.86. The van der Waals surface area contributed by atoms with Crippen molar-refractivity contribution in [1.82, 2.24) is 5.32 Å². The van der Waals surface area contributed by atoms with Gasteiger partial charge in [-0.25, -0.2) is 0 Å². The van der Waals surface area contributed by atoms with E-state index in [2.05, 4.69) is 19.2 Å². The lowest BCUT2D eigenvalue weighted by molar-refractivity contribution is -0.122. The van der Waals surface area contributed by atoms with Crippen LogP contribution in [-0.2, 0) is 9.59 Å². The minimum absolute atomic E-state index is 0.0134. The molecule has 0 bridgehead atoms. The van der Waals surface area contributed by atoms with Gasteiger partial charge in [-0.05, 0) is 67.1 Å². The van der Waals surface area contributed by atoms with Crippen LogP contribution in [0, 0.1) is 5.92 Å². The molecule has 49 heavy (non-hydrogen) atoms. The molecule has 0 radical (unpaired) electrons. The number of nitrogens with one attached hydrogen (secondary N) is 1. The van der Waals surface area contributed by atoms with Crippen LogP contribution in [0.15, 0.2) is 72.8 Å². The van der Waals surface area contributed by atoms with E-state index in [4.69, 9.17) is 32.7 Å². The van der Waals surface area contributed by atoms with Crippen molar-refractivity contribution in [2.45, 2.75) is 52.0 Å². The van der Waals surface area contributed by atoms with Crippen molar-refractivity contribution < 1.29 is 19.1 Å². The normalized spacial score (nSPS) is 17.8. The summed E-state index contributed by atoms with van der Waals surface area (Å²) < 4.78 is 11.8. The lowest BCUT2D eigenvalue weighted by Gasteiger charge is -2.32. The van der Waals surface area contributed by atoms with Gasteiger partial charge in [0.1, 0.15) is 11.5 Å². The minimum atomic E-state index is -0.0307. The number of rotatable bonds is 10. The van der Waals surface area contributed by atoms with Crippen molar-refractivity contribution in [2.75, 3.05) is 42.6 Å². The highest BCUT2D eigenvalue weighted by Crippen LogP contribution is 2.45. The second-order valence-electron chi connectivity index (χ2n) is 13.3. The molecule has 1 saturated heterocycles. The summed E-state index contributed by atoms with van der Waals surface area (Å²) >= 11 is 14.3. The average Bonchev–Trinajstić information content (AvgIpc) is 3.63. The molecule has 0 aliphatic carbocycles. The van der Waals surface area contributed by atoms with Gasteiger partial charge >= 0.3 is 0 Å². The third-order valence-corrected chi connectivity index (χ3v) is 10.6. The van der Waals surface area contributed by atoms with Crippen molar-refractivity contribution in [2.24, 2.45) is 5.92 Å².